The summed E-state index contributed by atoms with van der Waals surface area (Å²) in [6, 6.07) is 5.96. The van der Waals surface area contributed by atoms with Gasteiger partial charge in [0.2, 0.25) is 10.0 Å². The second-order valence-corrected chi connectivity index (χ2v) is 7.02. The van der Waals surface area contributed by atoms with Crippen molar-refractivity contribution < 1.29 is 8.42 Å². The number of hydrogen-bond acceptors (Lipinski definition) is 4. The number of rotatable bonds is 2. The van der Waals surface area contributed by atoms with E-state index in [1.165, 1.54) is 6.26 Å². The van der Waals surface area contributed by atoms with Crippen LogP contribution in [0.2, 0.25) is 0 Å². The molecule has 1 aromatic heterocycles. The lowest BCUT2D eigenvalue weighted by molar-refractivity contribution is 0.388. The maximum atomic E-state index is 11.7. The van der Waals surface area contributed by atoms with Crippen LogP contribution in [-0.4, -0.2) is 49.6 Å². The van der Waals surface area contributed by atoms with Gasteiger partial charge in [-0.25, -0.2) is 13.4 Å². The normalized spacial score (nSPS) is 28.6. The highest BCUT2D eigenvalue weighted by Crippen LogP contribution is 2.34. The second kappa shape index (κ2) is 4.20. The van der Waals surface area contributed by atoms with E-state index in [2.05, 4.69) is 9.88 Å². The van der Waals surface area contributed by atoms with Crippen molar-refractivity contribution in [2.45, 2.75) is 12.5 Å². The lowest BCUT2D eigenvalue weighted by Crippen LogP contribution is -2.39. The number of pyridine rings is 1. The number of nitrogens with zero attached hydrogens (tertiary/aromatic N) is 3. The first-order valence-corrected chi connectivity index (χ1v) is 8.03. The fourth-order valence-electron chi connectivity index (χ4n) is 3.06. The van der Waals surface area contributed by atoms with Crippen LogP contribution in [-0.2, 0) is 10.0 Å². The van der Waals surface area contributed by atoms with Crippen LogP contribution < -0.4 is 4.90 Å². The van der Waals surface area contributed by atoms with Gasteiger partial charge in [0, 0.05) is 31.9 Å². The fourth-order valence-corrected chi connectivity index (χ4v) is 4.23. The molecular weight excluding hydrogens is 250 g/mol. The van der Waals surface area contributed by atoms with Crippen molar-refractivity contribution in [3.05, 3.63) is 24.4 Å². The van der Waals surface area contributed by atoms with Gasteiger partial charge in [0.15, 0.2) is 0 Å². The number of sulfonamides is 1. The topological polar surface area (TPSA) is 53.5 Å². The average Bonchev–Trinajstić information content (AvgIpc) is 2.87. The molecule has 2 aliphatic heterocycles. The molecule has 2 saturated heterocycles. The van der Waals surface area contributed by atoms with Gasteiger partial charge in [0.25, 0.3) is 0 Å². The Hall–Kier alpha value is -1.14. The van der Waals surface area contributed by atoms with E-state index >= 15 is 0 Å². The molecule has 2 fully saturated rings. The number of fused-ring (bicyclic) bond motifs is 1. The third-order valence-electron chi connectivity index (χ3n) is 3.90. The zero-order valence-electron chi connectivity index (χ0n) is 10.4. The van der Waals surface area contributed by atoms with Gasteiger partial charge in [0.1, 0.15) is 5.82 Å². The van der Waals surface area contributed by atoms with E-state index in [9.17, 15) is 8.42 Å². The van der Waals surface area contributed by atoms with Crippen LogP contribution in [0.25, 0.3) is 0 Å². The summed E-state index contributed by atoms with van der Waals surface area (Å²) < 4.78 is 25.1. The minimum atomic E-state index is -3.08. The standard InChI is InChI=1S/C12H17N3O2S/c1-18(16,17)15-7-5-10-8-14(9-11(10)15)12-4-2-3-6-13-12/h2-4,6,10-11H,5,7-9H2,1H3. The van der Waals surface area contributed by atoms with Crippen LogP contribution >= 0.6 is 0 Å². The highest BCUT2D eigenvalue weighted by molar-refractivity contribution is 7.88. The summed E-state index contributed by atoms with van der Waals surface area (Å²) in [6.45, 7) is 2.34. The Morgan fingerprint density at radius 3 is 2.83 bits per heavy atom. The summed E-state index contributed by atoms with van der Waals surface area (Å²) in [4.78, 5) is 6.52. The van der Waals surface area contributed by atoms with Crippen molar-refractivity contribution >= 4 is 15.8 Å². The van der Waals surface area contributed by atoms with Crippen LogP contribution in [0.5, 0.6) is 0 Å². The fraction of sp³-hybridized carbons (Fsp3) is 0.583. The maximum absolute atomic E-state index is 11.7. The van der Waals surface area contributed by atoms with Crippen LogP contribution in [0.4, 0.5) is 5.82 Å². The molecule has 0 bridgehead atoms. The predicted molar refractivity (Wildman–Crippen MR) is 69.9 cm³/mol. The molecule has 0 spiro atoms. The molecule has 1 aromatic rings. The Labute approximate surface area is 107 Å². The first-order valence-electron chi connectivity index (χ1n) is 6.18. The molecule has 0 aromatic carbocycles. The SMILES string of the molecule is CS(=O)(=O)N1CCC2CN(c3ccccn3)CC21. The third kappa shape index (κ3) is 1.99. The summed E-state index contributed by atoms with van der Waals surface area (Å²) in [5.74, 6) is 1.39. The summed E-state index contributed by atoms with van der Waals surface area (Å²) in [5, 5.41) is 0. The molecule has 0 aliphatic carbocycles. The molecule has 6 heteroatoms. The zero-order valence-corrected chi connectivity index (χ0v) is 11.2. The molecule has 98 valence electrons. The molecule has 5 nitrogen and oxygen atoms in total. The largest absolute Gasteiger partial charge is 0.355 e. The van der Waals surface area contributed by atoms with Crippen LogP contribution in [0.15, 0.2) is 24.4 Å². The highest BCUT2D eigenvalue weighted by Gasteiger charge is 2.45. The minimum Gasteiger partial charge on any atom is -0.355 e. The van der Waals surface area contributed by atoms with Crippen molar-refractivity contribution in [2.24, 2.45) is 5.92 Å². The van der Waals surface area contributed by atoms with E-state index in [1.807, 2.05) is 18.2 Å². The smallest absolute Gasteiger partial charge is 0.211 e. The number of hydrogen-bond donors (Lipinski definition) is 0. The Kier molecular flexibility index (Phi) is 2.79. The molecule has 0 radical (unpaired) electrons. The van der Waals surface area contributed by atoms with Crippen molar-refractivity contribution in [1.82, 2.24) is 9.29 Å². The van der Waals surface area contributed by atoms with Crippen LogP contribution in [0.3, 0.4) is 0 Å². The Bertz CT molecular complexity index is 532. The quantitative estimate of drug-likeness (QED) is 0.785. The second-order valence-electron chi connectivity index (χ2n) is 5.08. The maximum Gasteiger partial charge on any atom is 0.211 e. The van der Waals surface area contributed by atoms with Gasteiger partial charge in [-0.05, 0) is 24.5 Å². The molecule has 3 rings (SSSR count). The van der Waals surface area contributed by atoms with Gasteiger partial charge in [-0.15, -0.1) is 0 Å². The first-order chi connectivity index (χ1) is 8.55. The predicted octanol–water partition coefficient (Wildman–Crippen LogP) is 0.552. The van der Waals surface area contributed by atoms with Crippen LogP contribution in [0.1, 0.15) is 6.42 Å². The van der Waals surface area contributed by atoms with Gasteiger partial charge in [0.05, 0.1) is 6.26 Å². The Morgan fingerprint density at radius 2 is 2.17 bits per heavy atom. The van der Waals surface area contributed by atoms with Crippen molar-refractivity contribution in [2.75, 3.05) is 30.8 Å². The summed E-state index contributed by atoms with van der Waals surface area (Å²) in [7, 11) is -3.08. The molecule has 2 aliphatic rings. The molecular formula is C12H17N3O2S. The van der Waals surface area contributed by atoms with Gasteiger partial charge in [-0.3, -0.25) is 0 Å². The highest BCUT2D eigenvalue weighted by atomic mass is 32.2. The molecule has 18 heavy (non-hydrogen) atoms. The first kappa shape index (κ1) is 11.9. The van der Waals surface area contributed by atoms with E-state index in [0.717, 1.165) is 25.3 Å². The van der Waals surface area contributed by atoms with E-state index < -0.39 is 10.0 Å². The van der Waals surface area contributed by atoms with Crippen LogP contribution in [0, 0.1) is 5.92 Å². The summed E-state index contributed by atoms with van der Waals surface area (Å²) in [6.07, 6.45) is 4.04. The lowest BCUT2D eigenvalue weighted by atomic mass is 10.1. The van der Waals surface area contributed by atoms with Crippen molar-refractivity contribution in [1.29, 1.82) is 0 Å². The van der Waals surface area contributed by atoms with E-state index in [-0.39, 0.29) is 6.04 Å². The monoisotopic (exact) mass is 267 g/mol. The van der Waals surface area contributed by atoms with Crippen molar-refractivity contribution in [3.63, 3.8) is 0 Å². The molecule has 2 unspecified atom stereocenters. The van der Waals surface area contributed by atoms with E-state index in [4.69, 9.17) is 0 Å². The molecule has 2 atom stereocenters. The molecule has 0 N–H and O–H groups in total. The van der Waals surface area contributed by atoms with E-state index in [0.29, 0.717) is 12.5 Å². The average molecular weight is 267 g/mol. The lowest BCUT2D eigenvalue weighted by Gasteiger charge is -2.23. The van der Waals surface area contributed by atoms with Gasteiger partial charge in [-0.2, -0.15) is 4.31 Å². The number of aromatic nitrogens is 1. The Morgan fingerprint density at radius 1 is 1.33 bits per heavy atom. The third-order valence-corrected chi connectivity index (χ3v) is 5.20. The molecule has 3 heterocycles. The van der Waals surface area contributed by atoms with Gasteiger partial charge < -0.3 is 4.90 Å². The Balaban J connectivity index is 1.80. The number of anilines is 1. The summed E-state index contributed by atoms with van der Waals surface area (Å²) >= 11 is 0. The van der Waals surface area contributed by atoms with Gasteiger partial charge >= 0.3 is 0 Å². The minimum absolute atomic E-state index is 0.127. The van der Waals surface area contributed by atoms with E-state index in [1.54, 1.807) is 10.5 Å². The molecule has 0 amide bonds. The molecule has 0 saturated carbocycles. The summed E-state index contributed by atoms with van der Waals surface area (Å²) in [5.41, 5.74) is 0. The van der Waals surface area contributed by atoms with Crippen molar-refractivity contribution in [3.8, 4) is 0 Å². The van der Waals surface area contributed by atoms with Gasteiger partial charge in [-0.1, -0.05) is 6.07 Å². The zero-order chi connectivity index (χ0) is 12.8.